The molecule has 1 aliphatic carbocycles. The van der Waals surface area contributed by atoms with Crippen molar-refractivity contribution in [3.05, 3.63) is 95.2 Å². The van der Waals surface area contributed by atoms with Gasteiger partial charge in [-0.05, 0) is 66.5 Å². The molecule has 44 heavy (non-hydrogen) atoms. The average Bonchev–Trinajstić information content (AvgIpc) is 3.65. The molecule has 0 unspecified atom stereocenters. The molecule has 8 heteroatoms. The number of aryl methyl sites for hydroxylation is 1. The maximum atomic E-state index is 13.2. The molecule has 228 valence electrons. The van der Waals surface area contributed by atoms with Gasteiger partial charge in [0.05, 0.1) is 30.5 Å². The standard InChI is InChI=1S/C36H38N2O5S/c1-41-35(39)27-17-18-28-31(22-27)38(19-10-20-43-44-2)34(32(28)25-13-7-4-8-14-25)29-16-9-15-26-21-30(37-33(26)29)36(40)42-23-24-11-5-3-6-12-24/h3,5-6,9,11-12,15-18,21-22,25,37H,4,7-8,10,13-14,19-20,23H2,1-2H3. The molecular formula is C36H38N2O5S. The Morgan fingerprint density at radius 2 is 1.77 bits per heavy atom. The Labute approximate surface area is 262 Å². The van der Waals surface area contributed by atoms with E-state index in [1.807, 2.05) is 66.9 Å². The molecule has 1 saturated carbocycles. The van der Waals surface area contributed by atoms with Gasteiger partial charge in [0.2, 0.25) is 0 Å². The lowest BCUT2D eigenvalue weighted by Crippen LogP contribution is -2.08. The molecule has 5 aromatic rings. The third kappa shape index (κ3) is 6.14. The van der Waals surface area contributed by atoms with Gasteiger partial charge in [0, 0.05) is 34.7 Å². The first-order valence-electron chi connectivity index (χ1n) is 15.3. The van der Waals surface area contributed by atoms with E-state index in [2.05, 4.69) is 21.7 Å². The van der Waals surface area contributed by atoms with Gasteiger partial charge >= 0.3 is 11.9 Å². The maximum Gasteiger partial charge on any atom is 0.355 e. The summed E-state index contributed by atoms with van der Waals surface area (Å²) in [5, 5.41) is 2.11. The Bertz CT molecular complexity index is 1770. The van der Waals surface area contributed by atoms with Crippen molar-refractivity contribution in [1.29, 1.82) is 0 Å². The van der Waals surface area contributed by atoms with Gasteiger partial charge in [-0.2, -0.15) is 0 Å². The number of esters is 2. The summed E-state index contributed by atoms with van der Waals surface area (Å²) < 4.78 is 18.7. The minimum Gasteiger partial charge on any atom is -0.465 e. The van der Waals surface area contributed by atoms with Crippen molar-refractivity contribution in [2.24, 2.45) is 0 Å². The minimum absolute atomic E-state index is 0.211. The zero-order valence-electron chi connectivity index (χ0n) is 25.3. The molecule has 0 spiro atoms. The first-order chi connectivity index (χ1) is 21.6. The van der Waals surface area contributed by atoms with E-state index in [1.54, 1.807) is 0 Å². The predicted octanol–water partition coefficient (Wildman–Crippen LogP) is 8.67. The summed E-state index contributed by atoms with van der Waals surface area (Å²) in [6.45, 7) is 1.54. The number of nitrogens with one attached hydrogen (secondary N) is 1. The normalized spacial score (nSPS) is 13.9. The van der Waals surface area contributed by atoms with E-state index < -0.39 is 0 Å². The molecule has 1 fully saturated rings. The zero-order valence-corrected chi connectivity index (χ0v) is 26.1. The number of benzene rings is 3. The molecule has 6 rings (SSSR count). The van der Waals surface area contributed by atoms with Crippen LogP contribution in [0, 0.1) is 0 Å². The smallest absolute Gasteiger partial charge is 0.355 e. The number of ether oxygens (including phenoxy) is 2. The second kappa shape index (κ2) is 13.7. The van der Waals surface area contributed by atoms with Crippen LogP contribution in [-0.2, 0) is 26.8 Å². The van der Waals surface area contributed by atoms with Crippen LogP contribution in [0.15, 0.2) is 72.8 Å². The van der Waals surface area contributed by atoms with E-state index in [0.717, 1.165) is 57.9 Å². The summed E-state index contributed by atoms with van der Waals surface area (Å²) in [6.07, 6.45) is 8.63. The average molecular weight is 611 g/mol. The minimum atomic E-state index is -0.388. The molecule has 0 aliphatic heterocycles. The van der Waals surface area contributed by atoms with Gasteiger partial charge < -0.3 is 23.2 Å². The van der Waals surface area contributed by atoms with Crippen LogP contribution >= 0.6 is 12.0 Å². The van der Waals surface area contributed by atoms with Gasteiger partial charge in [0.15, 0.2) is 0 Å². The molecule has 0 radical (unpaired) electrons. The van der Waals surface area contributed by atoms with E-state index >= 15 is 0 Å². The Balaban J connectivity index is 1.49. The van der Waals surface area contributed by atoms with Gasteiger partial charge in [0.25, 0.3) is 0 Å². The zero-order chi connectivity index (χ0) is 30.5. The molecular weight excluding hydrogens is 572 g/mol. The highest BCUT2D eigenvalue weighted by Crippen LogP contribution is 2.46. The third-order valence-corrected chi connectivity index (χ3v) is 9.01. The summed E-state index contributed by atoms with van der Waals surface area (Å²) in [5.74, 6) is -0.341. The lowest BCUT2D eigenvalue weighted by atomic mass is 9.81. The van der Waals surface area contributed by atoms with Gasteiger partial charge in [-0.25, -0.2) is 9.59 Å². The number of para-hydroxylation sites is 1. The third-order valence-electron chi connectivity index (χ3n) is 8.61. The molecule has 1 aliphatic rings. The molecule has 2 heterocycles. The van der Waals surface area contributed by atoms with E-state index in [-0.39, 0.29) is 18.5 Å². The molecule has 0 bridgehead atoms. The van der Waals surface area contributed by atoms with E-state index in [1.165, 1.54) is 44.0 Å². The van der Waals surface area contributed by atoms with Gasteiger partial charge in [-0.1, -0.05) is 73.9 Å². The summed E-state index contributed by atoms with van der Waals surface area (Å²) in [5.41, 5.74) is 7.29. The highest BCUT2D eigenvalue weighted by atomic mass is 32.2. The number of rotatable bonds is 11. The van der Waals surface area contributed by atoms with Crippen molar-refractivity contribution in [3.63, 3.8) is 0 Å². The van der Waals surface area contributed by atoms with Crippen molar-refractivity contribution < 1.29 is 23.2 Å². The molecule has 0 saturated heterocycles. The van der Waals surface area contributed by atoms with Crippen LogP contribution in [0.1, 0.15) is 76.4 Å². The number of carbonyl (C=O) groups is 2. The van der Waals surface area contributed by atoms with Crippen LogP contribution in [0.25, 0.3) is 33.1 Å². The SMILES string of the molecule is COC(=O)c1ccc2c(C3CCCCC3)c(-c3cccc4cc(C(=O)OCc5ccccc5)[nH]c34)n(CCCOSC)c2c1. The van der Waals surface area contributed by atoms with Crippen molar-refractivity contribution in [3.8, 4) is 11.3 Å². The number of hydrogen-bond donors (Lipinski definition) is 1. The summed E-state index contributed by atoms with van der Waals surface area (Å²) in [6, 6.07) is 23.7. The first-order valence-corrected chi connectivity index (χ1v) is 16.5. The number of H-pyrrole nitrogens is 1. The lowest BCUT2D eigenvalue weighted by Gasteiger charge is -2.24. The van der Waals surface area contributed by atoms with E-state index in [0.29, 0.717) is 30.3 Å². The lowest BCUT2D eigenvalue weighted by molar-refractivity contribution is 0.0466. The Hall–Kier alpha value is -4.01. The summed E-state index contributed by atoms with van der Waals surface area (Å²) in [4.78, 5) is 29.2. The number of aromatic amines is 1. The van der Waals surface area contributed by atoms with Crippen molar-refractivity contribution in [2.75, 3.05) is 20.0 Å². The fraction of sp³-hybridized carbons (Fsp3) is 0.333. The number of fused-ring (bicyclic) bond motifs is 2. The van der Waals surface area contributed by atoms with Crippen LogP contribution < -0.4 is 0 Å². The molecule has 0 atom stereocenters. The monoisotopic (exact) mass is 610 g/mol. The van der Waals surface area contributed by atoms with Crippen LogP contribution in [0.2, 0.25) is 0 Å². The molecule has 3 aromatic carbocycles. The number of hydrogen-bond acceptors (Lipinski definition) is 6. The Morgan fingerprint density at radius 3 is 2.55 bits per heavy atom. The molecule has 2 aromatic heterocycles. The second-order valence-electron chi connectivity index (χ2n) is 11.3. The topological polar surface area (TPSA) is 82.6 Å². The van der Waals surface area contributed by atoms with Crippen molar-refractivity contribution in [1.82, 2.24) is 9.55 Å². The summed E-state index contributed by atoms with van der Waals surface area (Å²) in [7, 11) is 1.42. The highest BCUT2D eigenvalue weighted by molar-refractivity contribution is 7.93. The van der Waals surface area contributed by atoms with E-state index in [4.69, 9.17) is 13.7 Å². The predicted molar refractivity (Wildman–Crippen MR) is 176 cm³/mol. The van der Waals surface area contributed by atoms with Crippen molar-refractivity contribution >= 4 is 45.8 Å². The van der Waals surface area contributed by atoms with Crippen molar-refractivity contribution in [2.45, 2.75) is 57.6 Å². The number of aromatic nitrogens is 2. The quantitative estimate of drug-likeness (QED) is 0.0916. The largest absolute Gasteiger partial charge is 0.465 e. The number of methoxy groups -OCH3 is 1. The highest BCUT2D eigenvalue weighted by Gasteiger charge is 2.28. The van der Waals surface area contributed by atoms with Gasteiger partial charge in [-0.3, -0.25) is 0 Å². The summed E-state index contributed by atoms with van der Waals surface area (Å²) >= 11 is 1.37. The molecule has 7 nitrogen and oxygen atoms in total. The maximum absolute atomic E-state index is 13.2. The Kier molecular flexibility index (Phi) is 9.38. The fourth-order valence-electron chi connectivity index (χ4n) is 6.58. The fourth-order valence-corrected chi connectivity index (χ4v) is 6.86. The Morgan fingerprint density at radius 1 is 0.955 bits per heavy atom. The molecule has 1 N–H and O–H groups in total. The van der Waals surface area contributed by atoms with Crippen LogP contribution in [0.5, 0.6) is 0 Å². The van der Waals surface area contributed by atoms with Gasteiger partial charge in [-0.15, -0.1) is 0 Å². The second-order valence-corrected chi connectivity index (χ2v) is 11.9. The van der Waals surface area contributed by atoms with Gasteiger partial charge in [0.1, 0.15) is 12.3 Å². The molecule has 0 amide bonds. The first kappa shape index (κ1) is 30.0. The van der Waals surface area contributed by atoms with Crippen LogP contribution in [0.4, 0.5) is 0 Å². The van der Waals surface area contributed by atoms with Crippen LogP contribution in [-0.4, -0.2) is 41.5 Å². The number of nitrogens with zero attached hydrogens (tertiary/aromatic N) is 1. The number of carbonyl (C=O) groups excluding carboxylic acids is 2. The van der Waals surface area contributed by atoms with E-state index in [9.17, 15) is 9.59 Å². The van der Waals surface area contributed by atoms with Crippen LogP contribution in [0.3, 0.4) is 0 Å².